The highest BCUT2D eigenvalue weighted by Gasteiger charge is 2.33. The van der Waals surface area contributed by atoms with Gasteiger partial charge < -0.3 is 29.3 Å². The van der Waals surface area contributed by atoms with Crippen molar-refractivity contribution in [2.24, 2.45) is 0 Å². The van der Waals surface area contributed by atoms with Gasteiger partial charge >= 0.3 is 12.1 Å². The molecule has 1 amide bonds. The van der Waals surface area contributed by atoms with Gasteiger partial charge in [-0.3, -0.25) is 0 Å². The van der Waals surface area contributed by atoms with Crippen molar-refractivity contribution in [2.45, 2.75) is 44.4 Å². The second-order valence-corrected chi connectivity index (χ2v) is 11.4. The number of hydrogen-bond donors (Lipinski definition) is 1. The Kier molecular flexibility index (Phi) is 8.93. The van der Waals surface area contributed by atoms with Crippen LogP contribution in [0.2, 0.25) is 0 Å². The number of imidazole rings is 1. The summed E-state index contributed by atoms with van der Waals surface area (Å²) in [6.45, 7) is 2.49. The van der Waals surface area contributed by atoms with Gasteiger partial charge in [0.15, 0.2) is 11.5 Å². The van der Waals surface area contributed by atoms with Crippen LogP contribution in [-0.2, 0) is 13.0 Å². The van der Waals surface area contributed by atoms with E-state index in [1.165, 1.54) is 11.0 Å². The Labute approximate surface area is 260 Å². The number of ether oxygens (including phenoxy) is 2. The normalized spacial score (nSPS) is 18.7. The largest absolute Gasteiger partial charge is 0.489 e. The van der Waals surface area contributed by atoms with E-state index >= 15 is 4.39 Å². The highest BCUT2D eigenvalue weighted by atomic mass is 19.1. The second-order valence-electron chi connectivity index (χ2n) is 11.4. The summed E-state index contributed by atoms with van der Waals surface area (Å²) in [6, 6.07) is 16.4. The van der Waals surface area contributed by atoms with E-state index in [2.05, 4.69) is 28.1 Å². The summed E-state index contributed by atoms with van der Waals surface area (Å²) >= 11 is 0. The third-order valence-corrected chi connectivity index (χ3v) is 8.50. The number of benzene rings is 2. The minimum Gasteiger partial charge on any atom is -0.489 e. The molecule has 2 atom stereocenters. The van der Waals surface area contributed by atoms with Gasteiger partial charge in [-0.25, -0.2) is 18.7 Å². The van der Waals surface area contributed by atoms with E-state index in [1.54, 1.807) is 22.8 Å². The lowest BCUT2D eigenvalue weighted by atomic mass is 10.1. The van der Waals surface area contributed by atoms with Crippen LogP contribution in [0.15, 0.2) is 54.7 Å². The first-order chi connectivity index (χ1) is 21.9. The summed E-state index contributed by atoms with van der Waals surface area (Å²) < 4.78 is 29.1. The highest BCUT2D eigenvalue weighted by Crippen LogP contribution is 2.29. The molecule has 6 rings (SSSR count). The summed E-state index contributed by atoms with van der Waals surface area (Å²) in [4.78, 5) is 26.7. The predicted molar refractivity (Wildman–Crippen MR) is 163 cm³/mol. The monoisotopic (exact) mass is 614 g/mol. The van der Waals surface area contributed by atoms with Crippen molar-refractivity contribution in [1.82, 2.24) is 29.4 Å². The average Bonchev–Trinajstić information content (AvgIpc) is 3.65. The number of piperazine rings is 1. The van der Waals surface area contributed by atoms with E-state index in [9.17, 15) is 15.2 Å². The van der Waals surface area contributed by atoms with Crippen molar-refractivity contribution in [1.29, 1.82) is 5.26 Å². The van der Waals surface area contributed by atoms with Crippen LogP contribution in [0.3, 0.4) is 0 Å². The minimum absolute atomic E-state index is 0.0419. The number of amides is 1. The number of hydrogen-bond acceptors (Lipinski definition) is 9. The molecule has 234 valence electrons. The molecular formula is C32H35FN8O4. The van der Waals surface area contributed by atoms with Gasteiger partial charge in [0.05, 0.1) is 30.4 Å². The maximum Gasteiger partial charge on any atom is 0.407 e. The number of nitriles is 1. The van der Waals surface area contributed by atoms with Crippen LogP contribution in [-0.4, -0.2) is 92.5 Å². The van der Waals surface area contributed by atoms with Crippen LogP contribution in [0, 0.1) is 17.1 Å². The van der Waals surface area contributed by atoms with Crippen LogP contribution in [0.1, 0.15) is 36.1 Å². The lowest BCUT2D eigenvalue weighted by Crippen LogP contribution is -2.55. The van der Waals surface area contributed by atoms with Gasteiger partial charge in [0.1, 0.15) is 24.8 Å². The molecular weight excluding hydrogens is 579 g/mol. The van der Waals surface area contributed by atoms with Gasteiger partial charge in [-0.15, -0.1) is 5.10 Å². The SMILES string of the molecule is CN1CCCC1COc1nc(N2CCN(C(=O)O)C(CC#N)C2)c2ncc(Cc3c(F)cccc3OCc3ccccc3)n2n1. The van der Waals surface area contributed by atoms with Crippen LogP contribution < -0.4 is 14.4 Å². The lowest BCUT2D eigenvalue weighted by Gasteiger charge is -2.39. The average molecular weight is 615 g/mol. The fourth-order valence-electron chi connectivity index (χ4n) is 5.99. The van der Waals surface area contributed by atoms with Gasteiger partial charge in [0.2, 0.25) is 0 Å². The Hall–Kier alpha value is -4.96. The Morgan fingerprint density at radius 2 is 1.96 bits per heavy atom. The third-order valence-electron chi connectivity index (χ3n) is 8.50. The smallest absolute Gasteiger partial charge is 0.407 e. The van der Waals surface area contributed by atoms with Crippen LogP contribution >= 0.6 is 0 Å². The Morgan fingerprint density at radius 3 is 2.71 bits per heavy atom. The first-order valence-corrected chi connectivity index (χ1v) is 15.0. The van der Waals surface area contributed by atoms with Gasteiger partial charge in [0, 0.05) is 37.7 Å². The molecule has 0 bridgehead atoms. The summed E-state index contributed by atoms with van der Waals surface area (Å²) in [5.41, 5.74) is 2.36. The molecule has 2 aromatic carbocycles. The maximum absolute atomic E-state index is 15.3. The number of aromatic nitrogens is 4. The Balaban J connectivity index is 1.33. The number of fused-ring (bicyclic) bond motifs is 1. The first kappa shape index (κ1) is 30.1. The van der Waals surface area contributed by atoms with Gasteiger partial charge in [-0.1, -0.05) is 36.4 Å². The molecule has 2 aliphatic rings. The lowest BCUT2D eigenvalue weighted by molar-refractivity contribution is 0.119. The summed E-state index contributed by atoms with van der Waals surface area (Å²) in [5.74, 6) is 0.482. The topological polar surface area (TPSA) is 132 Å². The molecule has 2 saturated heterocycles. The zero-order valence-electron chi connectivity index (χ0n) is 25.0. The Bertz CT molecular complexity index is 1690. The van der Waals surface area contributed by atoms with E-state index in [1.807, 2.05) is 35.2 Å². The van der Waals surface area contributed by atoms with Crippen LogP contribution in [0.25, 0.3) is 5.65 Å². The molecule has 0 radical (unpaired) electrons. The number of nitrogens with zero attached hydrogens (tertiary/aromatic N) is 8. The number of anilines is 1. The summed E-state index contributed by atoms with van der Waals surface area (Å²) in [6.07, 6.45) is 2.85. The van der Waals surface area contributed by atoms with Crippen molar-refractivity contribution in [2.75, 3.05) is 44.7 Å². The van der Waals surface area contributed by atoms with E-state index in [4.69, 9.17) is 14.5 Å². The van der Waals surface area contributed by atoms with Crippen molar-refractivity contribution in [3.63, 3.8) is 0 Å². The van der Waals surface area contributed by atoms with E-state index in [-0.39, 0.29) is 44.6 Å². The van der Waals surface area contributed by atoms with Crippen molar-refractivity contribution >= 4 is 17.6 Å². The predicted octanol–water partition coefficient (Wildman–Crippen LogP) is 3.99. The van der Waals surface area contributed by atoms with Crippen LogP contribution in [0.5, 0.6) is 11.8 Å². The maximum atomic E-state index is 15.3. The van der Waals surface area contributed by atoms with Gasteiger partial charge in [-0.2, -0.15) is 10.2 Å². The molecule has 4 heterocycles. The first-order valence-electron chi connectivity index (χ1n) is 15.0. The Morgan fingerprint density at radius 1 is 1.11 bits per heavy atom. The summed E-state index contributed by atoms with van der Waals surface area (Å²) in [5, 5.41) is 23.7. The highest BCUT2D eigenvalue weighted by molar-refractivity contribution is 5.68. The van der Waals surface area contributed by atoms with Crippen molar-refractivity contribution in [3.05, 3.63) is 77.4 Å². The van der Waals surface area contributed by atoms with E-state index in [0.29, 0.717) is 41.6 Å². The minimum atomic E-state index is -1.06. The molecule has 0 spiro atoms. The summed E-state index contributed by atoms with van der Waals surface area (Å²) in [7, 11) is 2.06. The molecule has 45 heavy (non-hydrogen) atoms. The third kappa shape index (κ3) is 6.61. The fraction of sp³-hybridized carbons (Fsp3) is 0.406. The van der Waals surface area contributed by atoms with Gasteiger partial charge in [0.25, 0.3) is 0 Å². The second kappa shape index (κ2) is 13.4. The number of carbonyl (C=O) groups is 1. The quantitative estimate of drug-likeness (QED) is 0.280. The molecule has 0 saturated carbocycles. The molecule has 2 aromatic heterocycles. The molecule has 12 nitrogen and oxygen atoms in total. The van der Waals surface area contributed by atoms with Crippen molar-refractivity contribution in [3.8, 4) is 17.8 Å². The number of likely N-dealkylation sites (N-methyl/N-ethyl adjacent to an activating group) is 1. The molecule has 2 unspecified atom stereocenters. The molecule has 2 fully saturated rings. The molecule has 4 aromatic rings. The number of halogens is 1. The number of likely N-dealkylation sites (tertiary alicyclic amines) is 1. The molecule has 2 aliphatic heterocycles. The van der Waals surface area contributed by atoms with Crippen LogP contribution in [0.4, 0.5) is 15.0 Å². The molecule has 1 N–H and O–H groups in total. The molecule has 0 aliphatic carbocycles. The standard InChI is InChI=1S/C32H35FN8O4/c1-38-14-6-9-24(38)21-45-31-36-30(39-15-16-40(32(42)43)23(19-39)12-13-34)29-35-18-25(41(29)37-31)17-26-27(33)10-5-11-28(26)44-20-22-7-3-2-4-8-22/h2-5,7-8,10-11,18,23-24H,6,9,12,14-17,19-21H2,1H3,(H,42,43). The van der Waals surface area contributed by atoms with Crippen molar-refractivity contribution < 1.29 is 23.8 Å². The zero-order valence-corrected chi connectivity index (χ0v) is 25.0. The zero-order chi connectivity index (χ0) is 31.3. The van der Waals surface area contributed by atoms with Gasteiger partial charge in [-0.05, 0) is 44.1 Å². The van der Waals surface area contributed by atoms with E-state index in [0.717, 1.165) is 24.9 Å². The van der Waals surface area contributed by atoms with E-state index < -0.39 is 18.0 Å². The fourth-order valence-corrected chi connectivity index (χ4v) is 5.99. The molecule has 13 heteroatoms. The number of carboxylic acid groups (broad SMARTS) is 1. The number of rotatable bonds is 10.